The van der Waals surface area contributed by atoms with Crippen LogP contribution >= 0.6 is 0 Å². The molecule has 1 saturated heterocycles. The molecule has 1 aliphatic heterocycles. The van der Waals surface area contributed by atoms with Crippen molar-refractivity contribution in [3.05, 3.63) is 42.6 Å². The van der Waals surface area contributed by atoms with Crippen LogP contribution in [-0.2, 0) is 4.74 Å². The first-order valence-electron chi connectivity index (χ1n) is 8.23. The molecule has 7 heteroatoms. The maximum absolute atomic E-state index is 11.6. The molecule has 128 valence electrons. The molecule has 3 aromatic rings. The van der Waals surface area contributed by atoms with Crippen LogP contribution < -0.4 is 4.90 Å². The lowest BCUT2D eigenvalue weighted by Gasteiger charge is -2.34. The second-order valence-electron chi connectivity index (χ2n) is 5.95. The van der Waals surface area contributed by atoms with Crippen LogP contribution in [-0.4, -0.2) is 59.2 Å². The quantitative estimate of drug-likeness (QED) is 0.778. The van der Waals surface area contributed by atoms with E-state index in [0.29, 0.717) is 13.1 Å². The highest BCUT2D eigenvalue weighted by molar-refractivity contribution is 5.79. The molecule has 0 aliphatic carbocycles. The number of H-pyrrole nitrogens is 1. The van der Waals surface area contributed by atoms with Crippen molar-refractivity contribution in [3.8, 4) is 11.4 Å². The smallest absolute Gasteiger partial charge is 0.409 e. The summed E-state index contributed by atoms with van der Waals surface area (Å²) in [5.41, 5.74) is 2.96. The van der Waals surface area contributed by atoms with Gasteiger partial charge in [0.15, 0.2) is 0 Å². The lowest BCUT2D eigenvalue weighted by Crippen LogP contribution is -2.49. The van der Waals surface area contributed by atoms with Crippen LogP contribution in [0.4, 0.5) is 10.6 Å². The molecular formula is C18H19N5O2. The number of carbonyl (C=O) groups is 1. The first-order chi connectivity index (χ1) is 12.2. The third kappa shape index (κ3) is 3.00. The van der Waals surface area contributed by atoms with E-state index in [4.69, 9.17) is 4.74 Å². The topological polar surface area (TPSA) is 74.3 Å². The number of aromatic nitrogens is 3. The number of para-hydroxylation sites is 2. The molecule has 4 rings (SSSR count). The van der Waals surface area contributed by atoms with Crippen molar-refractivity contribution in [2.45, 2.75) is 0 Å². The molecule has 0 radical (unpaired) electrons. The van der Waals surface area contributed by atoms with Crippen LogP contribution in [0.2, 0.25) is 0 Å². The second kappa shape index (κ2) is 6.43. The van der Waals surface area contributed by atoms with E-state index in [1.807, 2.05) is 36.4 Å². The maximum Gasteiger partial charge on any atom is 0.409 e. The third-order valence-electron chi connectivity index (χ3n) is 4.44. The number of nitrogens with one attached hydrogen (secondary N) is 1. The van der Waals surface area contributed by atoms with Crippen LogP contribution in [0.1, 0.15) is 0 Å². The molecule has 3 heterocycles. The molecule has 0 saturated carbocycles. The van der Waals surface area contributed by atoms with Gasteiger partial charge in [-0.05, 0) is 24.3 Å². The summed E-state index contributed by atoms with van der Waals surface area (Å²) in [7, 11) is 1.41. The Kier molecular flexibility index (Phi) is 3.97. The minimum absolute atomic E-state index is 0.274. The van der Waals surface area contributed by atoms with Gasteiger partial charge >= 0.3 is 6.09 Å². The van der Waals surface area contributed by atoms with Gasteiger partial charge in [0.1, 0.15) is 11.6 Å². The number of hydrogen-bond acceptors (Lipinski definition) is 5. The predicted octanol–water partition coefficient (Wildman–Crippen LogP) is 2.51. The molecule has 1 aromatic carbocycles. The van der Waals surface area contributed by atoms with Gasteiger partial charge in [0.25, 0.3) is 0 Å². The van der Waals surface area contributed by atoms with E-state index in [2.05, 4.69) is 19.9 Å². The zero-order valence-electron chi connectivity index (χ0n) is 14.0. The number of pyridine rings is 1. The summed E-state index contributed by atoms with van der Waals surface area (Å²) in [6.07, 6.45) is 1.52. The lowest BCUT2D eigenvalue weighted by atomic mass is 10.2. The van der Waals surface area contributed by atoms with Crippen molar-refractivity contribution in [3.63, 3.8) is 0 Å². The summed E-state index contributed by atoms with van der Waals surface area (Å²) in [5, 5.41) is 0. The van der Waals surface area contributed by atoms with Gasteiger partial charge in [-0.25, -0.2) is 14.8 Å². The Hall–Kier alpha value is -3.09. The number of nitrogens with zero attached hydrogens (tertiary/aromatic N) is 4. The Morgan fingerprint density at radius 1 is 1.16 bits per heavy atom. The molecule has 0 atom stereocenters. The predicted molar refractivity (Wildman–Crippen MR) is 95.5 cm³/mol. The Morgan fingerprint density at radius 3 is 2.72 bits per heavy atom. The standard InChI is InChI=1S/C18H19N5O2/c1-25-18(24)23-10-8-22(9-11-23)16-12-13(6-7-19-16)17-20-14-4-2-3-5-15(14)21-17/h2-7,12H,8-11H2,1H3,(H,20,21). The van der Waals surface area contributed by atoms with Crippen LogP contribution in [0.25, 0.3) is 22.4 Å². The Labute approximate surface area is 145 Å². The largest absolute Gasteiger partial charge is 0.453 e. The van der Waals surface area contributed by atoms with Gasteiger partial charge in [-0.1, -0.05) is 12.1 Å². The molecule has 25 heavy (non-hydrogen) atoms. The van der Waals surface area contributed by atoms with Crippen LogP contribution in [0.3, 0.4) is 0 Å². The summed E-state index contributed by atoms with van der Waals surface area (Å²) >= 11 is 0. The number of aromatic amines is 1. The molecular weight excluding hydrogens is 318 g/mol. The zero-order chi connectivity index (χ0) is 17.2. The number of piperazine rings is 1. The van der Waals surface area contributed by atoms with Gasteiger partial charge in [-0.3, -0.25) is 0 Å². The summed E-state index contributed by atoms with van der Waals surface area (Å²) in [6, 6.07) is 12.0. The number of methoxy groups -OCH3 is 1. The SMILES string of the molecule is COC(=O)N1CCN(c2cc(-c3nc4ccccc4[nH]3)ccn2)CC1. The van der Waals surface area contributed by atoms with Gasteiger partial charge < -0.3 is 19.5 Å². The highest BCUT2D eigenvalue weighted by atomic mass is 16.5. The second-order valence-corrected chi connectivity index (χ2v) is 5.95. The van der Waals surface area contributed by atoms with E-state index in [-0.39, 0.29) is 6.09 Å². The number of amides is 1. The summed E-state index contributed by atoms with van der Waals surface area (Å²) in [6.45, 7) is 2.71. The first-order valence-corrected chi connectivity index (χ1v) is 8.23. The third-order valence-corrected chi connectivity index (χ3v) is 4.44. The average molecular weight is 337 g/mol. The fourth-order valence-electron chi connectivity index (χ4n) is 3.08. The molecule has 7 nitrogen and oxygen atoms in total. The van der Waals surface area contributed by atoms with E-state index >= 15 is 0 Å². The Morgan fingerprint density at radius 2 is 1.96 bits per heavy atom. The molecule has 1 N–H and O–H groups in total. The van der Waals surface area contributed by atoms with Crippen molar-refractivity contribution in [1.29, 1.82) is 0 Å². The molecule has 2 aromatic heterocycles. The Bertz CT molecular complexity index is 866. The minimum atomic E-state index is -0.274. The maximum atomic E-state index is 11.6. The fourth-order valence-corrected chi connectivity index (χ4v) is 3.08. The van der Waals surface area contributed by atoms with Gasteiger partial charge in [0.2, 0.25) is 0 Å². The van der Waals surface area contributed by atoms with Crippen LogP contribution in [0.5, 0.6) is 0 Å². The molecule has 0 bridgehead atoms. The average Bonchev–Trinajstić information content (AvgIpc) is 3.12. The lowest BCUT2D eigenvalue weighted by molar-refractivity contribution is 0.121. The van der Waals surface area contributed by atoms with E-state index in [0.717, 1.165) is 41.3 Å². The van der Waals surface area contributed by atoms with Crippen molar-refractivity contribution >= 4 is 22.9 Å². The van der Waals surface area contributed by atoms with E-state index in [1.54, 1.807) is 11.1 Å². The summed E-state index contributed by atoms with van der Waals surface area (Å²) in [4.78, 5) is 27.9. The van der Waals surface area contributed by atoms with E-state index in [9.17, 15) is 4.79 Å². The number of carbonyl (C=O) groups excluding carboxylic acids is 1. The normalized spacial score (nSPS) is 14.8. The number of benzene rings is 1. The van der Waals surface area contributed by atoms with Crippen molar-refractivity contribution < 1.29 is 9.53 Å². The molecule has 0 unspecified atom stereocenters. The fraction of sp³-hybridized carbons (Fsp3) is 0.278. The van der Waals surface area contributed by atoms with Crippen molar-refractivity contribution in [2.24, 2.45) is 0 Å². The molecule has 1 aliphatic rings. The Balaban J connectivity index is 1.55. The van der Waals surface area contributed by atoms with Gasteiger partial charge in [0.05, 0.1) is 18.1 Å². The summed E-state index contributed by atoms with van der Waals surface area (Å²) < 4.78 is 4.78. The number of anilines is 1. The highest BCUT2D eigenvalue weighted by Crippen LogP contribution is 2.24. The number of imidazole rings is 1. The summed E-state index contributed by atoms with van der Waals surface area (Å²) in [5.74, 6) is 1.72. The highest BCUT2D eigenvalue weighted by Gasteiger charge is 2.22. The number of ether oxygens (including phenoxy) is 1. The van der Waals surface area contributed by atoms with Crippen molar-refractivity contribution in [2.75, 3.05) is 38.2 Å². The van der Waals surface area contributed by atoms with Gasteiger partial charge in [-0.2, -0.15) is 0 Å². The number of hydrogen-bond donors (Lipinski definition) is 1. The van der Waals surface area contributed by atoms with Crippen molar-refractivity contribution in [1.82, 2.24) is 19.9 Å². The molecule has 1 amide bonds. The molecule has 0 spiro atoms. The van der Waals surface area contributed by atoms with E-state index in [1.165, 1.54) is 7.11 Å². The van der Waals surface area contributed by atoms with E-state index < -0.39 is 0 Å². The number of fused-ring (bicyclic) bond motifs is 1. The van der Waals surface area contributed by atoms with Gasteiger partial charge in [0, 0.05) is 37.9 Å². The van der Waals surface area contributed by atoms with Crippen LogP contribution in [0, 0.1) is 0 Å². The first kappa shape index (κ1) is 15.4. The molecule has 1 fully saturated rings. The minimum Gasteiger partial charge on any atom is -0.453 e. The monoisotopic (exact) mass is 337 g/mol. The van der Waals surface area contributed by atoms with Crippen LogP contribution in [0.15, 0.2) is 42.6 Å². The van der Waals surface area contributed by atoms with Gasteiger partial charge in [-0.15, -0.1) is 0 Å². The number of rotatable bonds is 2. The zero-order valence-corrected chi connectivity index (χ0v) is 14.0.